The van der Waals surface area contributed by atoms with Gasteiger partial charge in [0.1, 0.15) is 0 Å². The molecule has 0 aromatic carbocycles. The molecule has 1 nitrogen and oxygen atoms in total. The van der Waals surface area contributed by atoms with E-state index in [1.165, 1.54) is 43.3 Å². The fourth-order valence-corrected chi connectivity index (χ4v) is 2.51. The van der Waals surface area contributed by atoms with Crippen molar-refractivity contribution in [1.29, 1.82) is 0 Å². The minimum absolute atomic E-state index is 0.305. The summed E-state index contributed by atoms with van der Waals surface area (Å²) in [6.45, 7) is 9.24. The number of hydrogen-bond donors (Lipinski definition) is 1. The van der Waals surface area contributed by atoms with Crippen molar-refractivity contribution in [3.63, 3.8) is 0 Å². The maximum Gasteiger partial charge on any atom is 0.0434 e. The fraction of sp³-hybridized carbons (Fsp3) is 0.700. The van der Waals surface area contributed by atoms with Crippen molar-refractivity contribution in [2.45, 2.75) is 85.5 Å². The molecular weight excluding hydrogens is 256 g/mol. The van der Waals surface area contributed by atoms with Gasteiger partial charge in [-0.05, 0) is 65.2 Å². The lowest BCUT2D eigenvalue weighted by Crippen LogP contribution is -1.91. The second-order valence-corrected chi connectivity index (χ2v) is 5.95. The van der Waals surface area contributed by atoms with Crippen LogP contribution in [-0.2, 0) is 0 Å². The number of rotatable bonds is 12. The zero-order chi connectivity index (χ0) is 15.9. The fourth-order valence-electron chi connectivity index (χ4n) is 2.51. The van der Waals surface area contributed by atoms with Crippen molar-refractivity contribution in [2.24, 2.45) is 0 Å². The lowest BCUT2D eigenvalue weighted by Gasteiger charge is -2.09. The molecule has 0 rings (SSSR count). The lowest BCUT2D eigenvalue weighted by atomic mass is 9.98. The molecule has 0 heterocycles. The van der Waals surface area contributed by atoms with E-state index in [1.54, 1.807) is 5.57 Å². The van der Waals surface area contributed by atoms with Gasteiger partial charge in [0.25, 0.3) is 0 Å². The van der Waals surface area contributed by atoms with Gasteiger partial charge >= 0.3 is 0 Å². The van der Waals surface area contributed by atoms with Gasteiger partial charge in [-0.15, -0.1) is 0 Å². The third-order valence-electron chi connectivity index (χ3n) is 4.01. The Kier molecular flexibility index (Phi) is 13.6. The molecule has 0 spiro atoms. The summed E-state index contributed by atoms with van der Waals surface area (Å²) >= 11 is 0. The Hall–Kier alpha value is -0.820. The first kappa shape index (κ1) is 20.2. The van der Waals surface area contributed by atoms with E-state index >= 15 is 0 Å². The van der Waals surface area contributed by atoms with Gasteiger partial charge in [0.2, 0.25) is 0 Å². The normalized spacial score (nSPS) is 13.9. The molecule has 0 aliphatic carbocycles. The number of unbranched alkanes of at least 4 members (excludes halogenated alkanes) is 1. The number of aliphatic hydroxyl groups is 1. The first-order valence-electron chi connectivity index (χ1n) is 8.74. The molecule has 0 aromatic rings. The van der Waals surface area contributed by atoms with Crippen LogP contribution in [0.1, 0.15) is 85.5 Å². The van der Waals surface area contributed by atoms with Crippen LogP contribution < -0.4 is 0 Å². The van der Waals surface area contributed by atoms with Crippen LogP contribution in [-0.4, -0.2) is 11.7 Å². The van der Waals surface area contributed by atoms with Gasteiger partial charge in [-0.3, -0.25) is 0 Å². The third kappa shape index (κ3) is 11.5. The Morgan fingerprint density at radius 1 is 0.905 bits per heavy atom. The molecule has 0 aliphatic rings. The first-order valence-corrected chi connectivity index (χ1v) is 8.74. The van der Waals surface area contributed by atoms with E-state index in [2.05, 4.69) is 45.9 Å². The van der Waals surface area contributed by atoms with Gasteiger partial charge in [0.15, 0.2) is 0 Å². The van der Waals surface area contributed by atoms with E-state index in [0.29, 0.717) is 6.61 Å². The predicted molar refractivity (Wildman–Crippen MR) is 95.6 cm³/mol. The van der Waals surface area contributed by atoms with Gasteiger partial charge in [0.05, 0.1) is 0 Å². The molecule has 0 amide bonds. The van der Waals surface area contributed by atoms with Crippen molar-refractivity contribution in [3.8, 4) is 0 Å². The Morgan fingerprint density at radius 3 is 2.14 bits per heavy atom. The van der Waals surface area contributed by atoms with Crippen molar-refractivity contribution in [3.05, 3.63) is 34.9 Å². The van der Waals surface area contributed by atoms with Crippen LogP contribution in [0.3, 0.4) is 0 Å². The van der Waals surface area contributed by atoms with Crippen molar-refractivity contribution >= 4 is 0 Å². The molecule has 0 radical (unpaired) electrons. The highest BCUT2D eigenvalue weighted by Crippen LogP contribution is 2.19. The summed E-state index contributed by atoms with van der Waals surface area (Å²) in [4.78, 5) is 0. The Labute approximate surface area is 132 Å². The molecular formula is C20H36O. The van der Waals surface area contributed by atoms with Crippen molar-refractivity contribution < 1.29 is 5.11 Å². The summed E-state index contributed by atoms with van der Waals surface area (Å²) in [5.74, 6) is 0. The molecule has 0 fully saturated rings. The lowest BCUT2D eigenvalue weighted by molar-refractivity contribution is 0.288. The van der Waals surface area contributed by atoms with Gasteiger partial charge in [-0.25, -0.2) is 0 Å². The van der Waals surface area contributed by atoms with Crippen LogP contribution in [0.4, 0.5) is 0 Å². The van der Waals surface area contributed by atoms with E-state index in [-0.39, 0.29) is 0 Å². The van der Waals surface area contributed by atoms with Gasteiger partial charge in [0, 0.05) is 6.61 Å². The summed E-state index contributed by atoms with van der Waals surface area (Å²) < 4.78 is 0. The average molecular weight is 293 g/mol. The summed E-state index contributed by atoms with van der Waals surface area (Å²) in [6.07, 6.45) is 17.3. The second-order valence-electron chi connectivity index (χ2n) is 5.95. The van der Waals surface area contributed by atoms with E-state index in [4.69, 9.17) is 5.11 Å². The van der Waals surface area contributed by atoms with Crippen LogP contribution >= 0.6 is 0 Å². The summed E-state index contributed by atoms with van der Waals surface area (Å²) in [5, 5.41) is 8.90. The maximum atomic E-state index is 8.90. The Bertz CT molecular complexity index is 334. The van der Waals surface area contributed by atoms with Gasteiger partial charge in [-0.1, -0.05) is 55.2 Å². The monoisotopic (exact) mass is 292 g/mol. The quantitative estimate of drug-likeness (QED) is 0.416. The highest BCUT2D eigenvalue weighted by atomic mass is 16.2. The first-order chi connectivity index (χ1) is 10.2. The van der Waals surface area contributed by atoms with Gasteiger partial charge in [-0.2, -0.15) is 0 Å². The highest BCUT2D eigenvalue weighted by molar-refractivity contribution is 5.12. The van der Waals surface area contributed by atoms with Crippen LogP contribution in [0, 0.1) is 0 Å². The topological polar surface area (TPSA) is 20.2 Å². The van der Waals surface area contributed by atoms with Crippen LogP contribution in [0.2, 0.25) is 0 Å². The number of aliphatic hydroxyl groups excluding tert-OH is 1. The summed E-state index contributed by atoms with van der Waals surface area (Å²) in [6, 6.07) is 0. The Morgan fingerprint density at radius 2 is 1.57 bits per heavy atom. The highest BCUT2D eigenvalue weighted by Gasteiger charge is 1.99. The van der Waals surface area contributed by atoms with E-state index in [0.717, 1.165) is 25.7 Å². The van der Waals surface area contributed by atoms with Gasteiger partial charge < -0.3 is 5.11 Å². The zero-order valence-electron chi connectivity index (χ0n) is 14.8. The smallest absolute Gasteiger partial charge is 0.0434 e. The molecule has 21 heavy (non-hydrogen) atoms. The van der Waals surface area contributed by atoms with E-state index in [1.807, 2.05) is 0 Å². The molecule has 0 saturated heterocycles. The number of hydrogen-bond acceptors (Lipinski definition) is 1. The predicted octanol–water partition coefficient (Wildman–Crippen LogP) is 6.35. The standard InChI is InChI=1S/C20H36O/c1-5-7-13-18(3)14-10-8-9-11-16-20(6-2)19(4)15-12-17-21/h8-9,13,21H,5-7,10-12,14-17H2,1-4H3/b9-8+,18-13+,20-19+. The second kappa shape index (κ2) is 14.1. The van der Waals surface area contributed by atoms with Crippen molar-refractivity contribution in [1.82, 2.24) is 0 Å². The molecule has 0 aliphatic heterocycles. The zero-order valence-corrected chi connectivity index (χ0v) is 14.8. The van der Waals surface area contributed by atoms with Crippen LogP contribution in [0.15, 0.2) is 34.9 Å². The molecule has 0 unspecified atom stereocenters. The molecule has 122 valence electrons. The minimum atomic E-state index is 0.305. The van der Waals surface area contributed by atoms with E-state index in [9.17, 15) is 0 Å². The largest absolute Gasteiger partial charge is 0.396 e. The van der Waals surface area contributed by atoms with Crippen LogP contribution in [0.5, 0.6) is 0 Å². The molecule has 0 atom stereocenters. The summed E-state index contributed by atoms with van der Waals surface area (Å²) in [7, 11) is 0. The average Bonchev–Trinajstić information content (AvgIpc) is 2.49. The SMILES string of the molecule is CCC/C=C(\C)CC/C=C/CC/C(CC)=C(\C)CCCO. The Balaban J connectivity index is 3.97. The molecule has 0 saturated carbocycles. The molecule has 0 bridgehead atoms. The summed E-state index contributed by atoms with van der Waals surface area (Å²) in [5.41, 5.74) is 4.58. The molecule has 1 heteroatoms. The molecule has 1 N–H and O–H groups in total. The number of allylic oxidation sites excluding steroid dienone is 6. The maximum absolute atomic E-state index is 8.90. The van der Waals surface area contributed by atoms with E-state index < -0.39 is 0 Å². The van der Waals surface area contributed by atoms with Crippen molar-refractivity contribution in [2.75, 3.05) is 6.61 Å². The minimum Gasteiger partial charge on any atom is -0.396 e. The van der Waals surface area contributed by atoms with Crippen LogP contribution in [0.25, 0.3) is 0 Å². The molecule has 0 aromatic heterocycles. The third-order valence-corrected chi connectivity index (χ3v) is 4.01.